The molecule has 0 fully saturated rings. The van der Waals surface area contributed by atoms with E-state index in [1.165, 1.54) is 29.5 Å². The molecule has 0 aliphatic carbocycles. The van der Waals surface area contributed by atoms with Gasteiger partial charge in [-0.25, -0.2) is 14.1 Å². The van der Waals surface area contributed by atoms with Gasteiger partial charge in [0, 0.05) is 16.5 Å². The second kappa shape index (κ2) is 6.94. The van der Waals surface area contributed by atoms with Gasteiger partial charge in [0.25, 0.3) is 5.56 Å². The molecule has 0 aliphatic rings. The number of halogens is 1. The monoisotopic (exact) mass is 358 g/mol. The predicted octanol–water partition coefficient (Wildman–Crippen LogP) is 2.76. The number of nitrogens with zero attached hydrogens (tertiary/aromatic N) is 3. The summed E-state index contributed by atoms with van der Waals surface area (Å²) in [6.45, 7) is 3.48. The third kappa shape index (κ3) is 3.80. The van der Waals surface area contributed by atoms with Gasteiger partial charge in [-0.05, 0) is 32.0 Å². The van der Waals surface area contributed by atoms with Crippen LogP contribution in [0.25, 0.3) is 11.3 Å². The molecule has 3 rings (SSSR count). The molecule has 3 aromatic rings. The Hall–Kier alpha value is -2.87. The molecule has 0 radical (unpaired) electrons. The van der Waals surface area contributed by atoms with Crippen LogP contribution in [-0.2, 0) is 11.3 Å². The third-order valence-electron chi connectivity index (χ3n) is 3.58. The van der Waals surface area contributed by atoms with Crippen molar-refractivity contribution in [2.24, 2.45) is 0 Å². The lowest BCUT2D eigenvalue weighted by Gasteiger charge is -2.07. The molecule has 1 amide bonds. The quantitative estimate of drug-likeness (QED) is 0.778. The number of anilines is 1. The average molecular weight is 358 g/mol. The summed E-state index contributed by atoms with van der Waals surface area (Å²) in [4.78, 5) is 29.3. The minimum absolute atomic E-state index is 0.267. The number of benzene rings is 1. The first-order valence-electron chi connectivity index (χ1n) is 7.51. The summed E-state index contributed by atoms with van der Waals surface area (Å²) in [7, 11) is 0. The molecule has 2 heterocycles. The van der Waals surface area contributed by atoms with Crippen molar-refractivity contribution in [2.45, 2.75) is 20.4 Å². The fourth-order valence-corrected chi connectivity index (χ4v) is 3.03. The topological polar surface area (TPSA) is 76.9 Å². The molecule has 25 heavy (non-hydrogen) atoms. The van der Waals surface area contributed by atoms with Gasteiger partial charge in [0.2, 0.25) is 5.91 Å². The molecule has 1 N–H and O–H groups in total. The van der Waals surface area contributed by atoms with E-state index in [0.717, 1.165) is 15.3 Å². The van der Waals surface area contributed by atoms with Crippen molar-refractivity contribution >= 4 is 22.4 Å². The number of thiazole rings is 1. The summed E-state index contributed by atoms with van der Waals surface area (Å²) in [5.74, 6) is -0.868. The maximum absolute atomic E-state index is 13.9. The fourth-order valence-electron chi connectivity index (χ4n) is 2.20. The van der Waals surface area contributed by atoms with E-state index in [0.29, 0.717) is 5.13 Å². The highest BCUT2D eigenvalue weighted by Gasteiger charge is 2.12. The van der Waals surface area contributed by atoms with Gasteiger partial charge in [0.1, 0.15) is 12.4 Å². The lowest BCUT2D eigenvalue weighted by atomic mass is 10.1. The van der Waals surface area contributed by atoms with E-state index in [-0.39, 0.29) is 17.8 Å². The van der Waals surface area contributed by atoms with E-state index < -0.39 is 17.3 Å². The number of carbonyl (C=O) groups is 1. The van der Waals surface area contributed by atoms with Gasteiger partial charge < -0.3 is 5.32 Å². The Morgan fingerprint density at radius 1 is 1.24 bits per heavy atom. The van der Waals surface area contributed by atoms with Gasteiger partial charge in [0.05, 0.1) is 11.4 Å². The summed E-state index contributed by atoms with van der Waals surface area (Å²) in [5.41, 5.74) is 0.952. The fraction of sp³-hybridized carbons (Fsp3) is 0.176. The van der Waals surface area contributed by atoms with Crippen molar-refractivity contribution in [3.63, 3.8) is 0 Å². The van der Waals surface area contributed by atoms with Gasteiger partial charge in [-0.3, -0.25) is 9.59 Å². The van der Waals surface area contributed by atoms with Crippen LogP contribution in [0.3, 0.4) is 0 Å². The van der Waals surface area contributed by atoms with Crippen molar-refractivity contribution < 1.29 is 9.18 Å². The molecule has 0 unspecified atom stereocenters. The molecule has 0 aliphatic heterocycles. The van der Waals surface area contributed by atoms with Gasteiger partial charge in [-0.2, -0.15) is 5.10 Å². The van der Waals surface area contributed by atoms with E-state index in [2.05, 4.69) is 15.4 Å². The van der Waals surface area contributed by atoms with Gasteiger partial charge in [-0.15, -0.1) is 11.3 Å². The highest BCUT2D eigenvalue weighted by atomic mass is 32.1. The van der Waals surface area contributed by atoms with Gasteiger partial charge in [-0.1, -0.05) is 12.1 Å². The van der Waals surface area contributed by atoms with Crippen LogP contribution >= 0.6 is 11.3 Å². The van der Waals surface area contributed by atoms with Gasteiger partial charge >= 0.3 is 0 Å². The largest absolute Gasteiger partial charge is 0.300 e. The molecule has 0 atom stereocenters. The first-order chi connectivity index (χ1) is 11.9. The molecule has 8 heteroatoms. The maximum atomic E-state index is 13.9. The molecule has 0 bridgehead atoms. The Labute approximate surface area is 147 Å². The molecular formula is C17H15FN4O2S. The highest BCUT2D eigenvalue weighted by Crippen LogP contribution is 2.21. The van der Waals surface area contributed by atoms with Crippen LogP contribution in [0.5, 0.6) is 0 Å². The third-order valence-corrected chi connectivity index (χ3v) is 4.57. The second-order valence-corrected chi connectivity index (χ2v) is 6.61. The van der Waals surface area contributed by atoms with Crippen LogP contribution in [0.15, 0.2) is 41.2 Å². The number of nitrogens with one attached hydrogen (secondary N) is 1. The lowest BCUT2D eigenvalue weighted by Crippen LogP contribution is -2.29. The Balaban J connectivity index is 1.82. The molecular weight excluding hydrogens is 343 g/mol. The normalized spacial score (nSPS) is 10.7. The van der Waals surface area contributed by atoms with Gasteiger partial charge in [0.15, 0.2) is 5.13 Å². The van der Waals surface area contributed by atoms with Crippen LogP contribution in [-0.4, -0.2) is 20.7 Å². The maximum Gasteiger partial charge on any atom is 0.267 e. The van der Waals surface area contributed by atoms with E-state index in [4.69, 9.17) is 0 Å². The van der Waals surface area contributed by atoms with Crippen LogP contribution in [0.2, 0.25) is 0 Å². The Kier molecular flexibility index (Phi) is 4.71. The molecule has 2 aromatic heterocycles. The number of rotatable bonds is 4. The molecule has 0 saturated heterocycles. The molecule has 6 nitrogen and oxygen atoms in total. The zero-order valence-electron chi connectivity index (χ0n) is 13.6. The average Bonchev–Trinajstić information content (AvgIpc) is 2.87. The van der Waals surface area contributed by atoms with Crippen LogP contribution in [0.4, 0.5) is 9.52 Å². The summed E-state index contributed by atoms with van der Waals surface area (Å²) < 4.78 is 14.9. The Bertz CT molecular complexity index is 977. The summed E-state index contributed by atoms with van der Waals surface area (Å²) >= 11 is 1.36. The number of amides is 1. The number of aromatic nitrogens is 3. The zero-order chi connectivity index (χ0) is 18.0. The second-order valence-electron chi connectivity index (χ2n) is 5.40. The van der Waals surface area contributed by atoms with Crippen molar-refractivity contribution in [3.8, 4) is 11.3 Å². The summed E-state index contributed by atoms with van der Waals surface area (Å²) in [6, 6.07) is 8.82. The number of hydrogen-bond acceptors (Lipinski definition) is 5. The Morgan fingerprint density at radius 2 is 2.00 bits per heavy atom. The number of aryl methyl sites for hydroxylation is 2. The molecule has 0 saturated carbocycles. The standard InChI is InChI=1S/C17H15FN4O2S/c1-10-11(2)25-17(19-10)20-15(23)9-22-16(24)8-7-14(21-22)12-5-3-4-6-13(12)18/h3-8H,9H2,1-2H3,(H,19,20,23). The molecule has 1 aromatic carbocycles. The molecule has 0 spiro atoms. The predicted molar refractivity (Wildman–Crippen MR) is 94.1 cm³/mol. The number of carbonyl (C=O) groups excluding carboxylic acids is 1. The van der Waals surface area contributed by atoms with Crippen LogP contribution < -0.4 is 10.9 Å². The highest BCUT2D eigenvalue weighted by molar-refractivity contribution is 7.15. The first-order valence-corrected chi connectivity index (χ1v) is 8.32. The van der Waals surface area contributed by atoms with Crippen molar-refractivity contribution in [1.29, 1.82) is 0 Å². The summed E-state index contributed by atoms with van der Waals surface area (Å²) in [6.07, 6.45) is 0. The zero-order valence-corrected chi connectivity index (χ0v) is 14.4. The first kappa shape index (κ1) is 17.0. The van der Waals surface area contributed by atoms with Crippen molar-refractivity contribution in [3.05, 3.63) is 63.1 Å². The lowest BCUT2D eigenvalue weighted by molar-refractivity contribution is -0.117. The minimum Gasteiger partial charge on any atom is -0.300 e. The molecule has 128 valence electrons. The Morgan fingerprint density at radius 3 is 2.68 bits per heavy atom. The summed E-state index contributed by atoms with van der Waals surface area (Å²) in [5, 5.41) is 7.21. The van der Waals surface area contributed by atoms with Crippen molar-refractivity contribution in [2.75, 3.05) is 5.32 Å². The van der Waals surface area contributed by atoms with Crippen LogP contribution in [0, 0.1) is 19.7 Å². The SMILES string of the molecule is Cc1nc(NC(=O)Cn2nc(-c3ccccc3F)ccc2=O)sc1C. The van der Waals surface area contributed by atoms with Crippen molar-refractivity contribution in [1.82, 2.24) is 14.8 Å². The number of hydrogen-bond donors (Lipinski definition) is 1. The van der Waals surface area contributed by atoms with E-state index in [1.54, 1.807) is 18.2 Å². The van der Waals surface area contributed by atoms with Crippen LogP contribution in [0.1, 0.15) is 10.6 Å². The van der Waals surface area contributed by atoms with E-state index in [9.17, 15) is 14.0 Å². The van der Waals surface area contributed by atoms with E-state index in [1.807, 2.05) is 13.8 Å². The minimum atomic E-state index is -0.446. The smallest absolute Gasteiger partial charge is 0.267 e. The van der Waals surface area contributed by atoms with E-state index >= 15 is 0 Å².